The van der Waals surface area contributed by atoms with E-state index in [1.54, 1.807) is 0 Å². The molecule has 0 spiro atoms. The largest absolute Gasteiger partial charge is 0.299 e. The molecule has 2 fully saturated rings. The monoisotopic (exact) mass is 194 g/mol. The van der Waals surface area contributed by atoms with Crippen LogP contribution in [0.25, 0.3) is 0 Å². The van der Waals surface area contributed by atoms with Crippen molar-refractivity contribution in [2.75, 3.05) is 0 Å². The Morgan fingerprint density at radius 1 is 1.00 bits per heavy atom. The van der Waals surface area contributed by atoms with Crippen molar-refractivity contribution in [1.29, 1.82) is 0 Å². The molecule has 78 valence electrons. The van der Waals surface area contributed by atoms with Gasteiger partial charge in [-0.2, -0.15) is 0 Å². The molecule has 0 amide bonds. The minimum absolute atomic E-state index is 0.196. The lowest BCUT2D eigenvalue weighted by atomic mass is 9.80. The third-order valence-electron chi connectivity index (χ3n) is 3.97. The van der Waals surface area contributed by atoms with Gasteiger partial charge in [0.1, 0.15) is 11.6 Å². The second-order valence-corrected chi connectivity index (χ2v) is 4.79. The van der Waals surface area contributed by atoms with E-state index in [1.165, 1.54) is 0 Å². The summed E-state index contributed by atoms with van der Waals surface area (Å²) in [5, 5.41) is 0. The van der Waals surface area contributed by atoms with E-state index in [-0.39, 0.29) is 11.8 Å². The predicted octanol–water partition coefficient (Wildman–Crippen LogP) is 2.36. The molecule has 0 saturated heterocycles. The molecule has 2 saturated carbocycles. The first-order chi connectivity index (χ1) is 6.70. The van der Waals surface area contributed by atoms with E-state index in [2.05, 4.69) is 6.92 Å². The molecule has 0 unspecified atom stereocenters. The smallest absolute Gasteiger partial charge is 0.136 e. The summed E-state index contributed by atoms with van der Waals surface area (Å²) in [4.78, 5) is 23.1. The van der Waals surface area contributed by atoms with Crippen molar-refractivity contribution in [1.82, 2.24) is 0 Å². The van der Waals surface area contributed by atoms with Gasteiger partial charge >= 0.3 is 0 Å². The van der Waals surface area contributed by atoms with E-state index in [9.17, 15) is 9.59 Å². The highest BCUT2D eigenvalue weighted by Gasteiger charge is 2.38. The van der Waals surface area contributed by atoms with Gasteiger partial charge in [0, 0.05) is 24.7 Å². The van der Waals surface area contributed by atoms with Gasteiger partial charge in [-0.05, 0) is 31.6 Å². The topological polar surface area (TPSA) is 34.1 Å². The first kappa shape index (κ1) is 9.88. The molecule has 2 rings (SSSR count). The summed E-state index contributed by atoms with van der Waals surface area (Å²) < 4.78 is 0. The second-order valence-electron chi connectivity index (χ2n) is 4.79. The fourth-order valence-corrected chi connectivity index (χ4v) is 3.08. The van der Waals surface area contributed by atoms with E-state index in [4.69, 9.17) is 0 Å². The normalized spacial score (nSPS) is 33.3. The summed E-state index contributed by atoms with van der Waals surface area (Å²) in [5.74, 6) is 1.50. The van der Waals surface area contributed by atoms with Crippen molar-refractivity contribution in [2.45, 2.75) is 45.4 Å². The van der Waals surface area contributed by atoms with Crippen molar-refractivity contribution in [2.24, 2.45) is 17.8 Å². The Kier molecular flexibility index (Phi) is 2.71. The quantitative estimate of drug-likeness (QED) is 0.676. The van der Waals surface area contributed by atoms with Crippen molar-refractivity contribution in [3.63, 3.8) is 0 Å². The fourth-order valence-electron chi connectivity index (χ4n) is 3.08. The van der Waals surface area contributed by atoms with Crippen LogP contribution < -0.4 is 0 Å². The molecule has 0 aromatic rings. The van der Waals surface area contributed by atoms with Crippen LogP contribution >= 0.6 is 0 Å². The van der Waals surface area contributed by atoms with Crippen LogP contribution in [0.5, 0.6) is 0 Å². The van der Waals surface area contributed by atoms with Crippen molar-refractivity contribution >= 4 is 11.6 Å². The van der Waals surface area contributed by atoms with Crippen LogP contribution in [0.2, 0.25) is 0 Å². The van der Waals surface area contributed by atoms with Gasteiger partial charge in [0.25, 0.3) is 0 Å². The molecule has 2 nitrogen and oxygen atoms in total. The number of carbonyl (C=O) groups is 2. The van der Waals surface area contributed by atoms with Crippen LogP contribution in [-0.4, -0.2) is 11.6 Å². The van der Waals surface area contributed by atoms with Gasteiger partial charge in [-0.3, -0.25) is 9.59 Å². The van der Waals surface area contributed by atoms with Gasteiger partial charge in [0.05, 0.1) is 0 Å². The van der Waals surface area contributed by atoms with Gasteiger partial charge in [-0.15, -0.1) is 0 Å². The maximum Gasteiger partial charge on any atom is 0.136 e. The zero-order valence-electron chi connectivity index (χ0n) is 8.79. The van der Waals surface area contributed by atoms with Crippen molar-refractivity contribution in [3.8, 4) is 0 Å². The molecule has 2 aliphatic rings. The Morgan fingerprint density at radius 2 is 1.43 bits per heavy atom. The number of hydrogen-bond acceptors (Lipinski definition) is 2. The molecular weight excluding hydrogens is 176 g/mol. The summed E-state index contributed by atoms with van der Waals surface area (Å²) in [7, 11) is 0. The van der Waals surface area contributed by atoms with Crippen LogP contribution in [0.15, 0.2) is 0 Å². The van der Waals surface area contributed by atoms with Crippen LogP contribution in [0.1, 0.15) is 45.4 Å². The lowest BCUT2D eigenvalue weighted by Gasteiger charge is -2.22. The minimum atomic E-state index is 0.196. The van der Waals surface area contributed by atoms with E-state index in [0.29, 0.717) is 17.5 Å². The summed E-state index contributed by atoms with van der Waals surface area (Å²) in [6.45, 7) is 2.10. The first-order valence-corrected chi connectivity index (χ1v) is 5.75. The Labute approximate surface area is 85.1 Å². The number of ketones is 2. The standard InChI is InChI=1S/C12H18O2/c1-8(9-4-2-6-11(9)13)10-5-3-7-12(10)14/h8-10H,2-7H2,1H3/t9-,10-/m0/s1. The van der Waals surface area contributed by atoms with Crippen LogP contribution in [0.3, 0.4) is 0 Å². The fraction of sp³-hybridized carbons (Fsp3) is 0.833. The highest BCUT2D eigenvalue weighted by Crippen LogP contribution is 2.38. The molecule has 0 radical (unpaired) electrons. The predicted molar refractivity (Wildman–Crippen MR) is 53.9 cm³/mol. The third-order valence-corrected chi connectivity index (χ3v) is 3.97. The Balaban J connectivity index is 2.03. The lowest BCUT2D eigenvalue weighted by molar-refractivity contribution is -0.125. The molecule has 14 heavy (non-hydrogen) atoms. The maximum atomic E-state index is 11.6. The minimum Gasteiger partial charge on any atom is -0.299 e. The highest BCUT2D eigenvalue weighted by molar-refractivity contribution is 5.86. The molecule has 0 heterocycles. The van der Waals surface area contributed by atoms with Gasteiger partial charge in [0.15, 0.2) is 0 Å². The zero-order valence-corrected chi connectivity index (χ0v) is 8.79. The second kappa shape index (κ2) is 3.84. The van der Waals surface area contributed by atoms with Crippen LogP contribution in [0.4, 0.5) is 0 Å². The Hall–Kier alpha value is -0.660. The van der Waals surface area contributed by atoms with E-state index in [0.717, 1.165) is 38.5 Å². The zero-order chi connectivity index (χ0) is 10.1. The molecule has 2 atom stereocenters. The van der Waals surface area contributed by atoms with Gasteiger partial charge in [-0.1, -0.05) is 6.92 Å². The van der Waals surface area contributed by atoms with Crippen molar-refractivity contribution in [3.05, 3.63) is 0 Å². The number of carbonyl (C=O) groups excluding carboxylic acids is 2. The number of rotatable bonds is 2. The average Bonchev–Trinajstić information content (AvgIpc) is 2.73. The van der Waals surface area contributed by atoms with Crippen molar-refractivity contribution < 1.29 is 9.59 Å². The van der Waals surface area contributed by atoms with Crippen LogP contribution in [0, 0.1) is 17.8 Å². The number of Topliss-reactive ketones (excluding diaryl/α,β-unsaturated/α-hetero) is 2. The van der Waals surface area contributed by atoms with Gasteiger partial charge in [-0.25, -0.2) is 0 Å². The van der Waals surface area contributed by atoms with E-state index >= 15 is 0 Å². The molecule has 2 heteroatoms. The molecule has 0 bridgehead atoms. The summed E-state index contributed by atoms with van der Waals surface area (Å²) in [6.07, 6.45) is 5.60. The summed E-state index contributed by atoms with van der Waals surface area (Å²) >= 11 is 0. The van der Waals surface area contributed by atoms with E-state index in [1.807, 2.05) is 0 Å². The molecule has 0 aliphatic heterocycles. The summed E-state index contributed by atoms with van der Waals surface area (Å²) in [6, 6.07) is 0. The molecule has 0 N–H and O–H groups in total. The molecule has 0 aromatic carbocycles. The number of hydrogen-bond donors (Lipinski definition) is 0. The summed E-state index contributed by atoms with van der Waals surface area (Å²) in [5.41, 5.74) is 0. The Morgan fingerprint density at radius 3 is 1.71 bits per heavy atom. The average molecular weight is 194 g/mol. The lowest BCUT2D eigenvalue weighted by Crippen LogP contribution is -2.26. The highest BCUT2D eigenvalue weighted by atomic mass is 16.1. The molecular formula is C12H18O2. The molecule has 0 aromatic heterocycles. The Bertz CT molecular complexity index is 231. The third kappa shape index (κ3) is 1.62. The maximum absolute atomic E-state index is 11.6. The first-order valence-electron chi connectivity index (χ1n) is 5.75. The molecule has 2 aliphatic carbocycles. The SMILES string of the molecule is CC([C@@H]1CCCC1=O)[C@@H]1CCCC1=O. The van der Waals surface area contributed by atoms with E-state index < -0.39 is 0 Å². The van der Waals surface area contributed by atoms with Gasteiger partial charge in [0.2, 0.25) is 0 Å². The van der Waals surface area contributed by atoms with Gasteiger partial charge < -0.3 is 0 Å². The van der Waals surface area contributed by atoms with Crippen LogP contribution in [-0.2, 0) is 9.59 Å².